The van der Waals surface area contributed by atoms with Gasteiger partial charge in [-0.25, -0.2) is 0 Å². The third-order valence-corrected chi connectivity index (χ3v) is 11.8. The van der Waals surface area contributed by atoms with E-state index in [2.05, 4.69) is 159 Å². The first kappa shape index (κ1) is 40.9. The van der Waals surface area contributed by atoms with Crippen LogP contribution >= 0.6 is 17.0 Å². The van der Waals surface area contributed by atoms with Crippen LogP contribution in [-0.2, 0) is 33.7 Å². The third-order valence-electron chi connectivity index (χ3n) is 11.8. The minimum absolute atomic E-state index is 0.826. The zero-order valence-electron chi connectivity index (χ0n) is 32.8. The Kier molecular flexibility index (Phi) is 14.9. The minimum atomic E-state index is -0.826. The van der Waals surface area contributed by atoms with Crippen molar-refractivity contribution in [1.82, 2.24) is 0 Å². The van der Waals surface area contributed by atoms with Gasteiger partial charge in [-0.15, -0.1) is 69.1 Å². The van der Waals surface area contributed by atoms with Crippen LogP contribution in [0.3, 0.4) is 0 Å². The van der Waals surface area contributed by atoms with Gasteiger partial charge in [-0.05, 0) is 57.3 Å². The summed E-state index contributed by atoms with van der Waals surface area (Å²) >= 11 is -0.826. The van der Waals surface area contributed by atoms with E-state index in [0.29, 0.717) is 0 Å². The molecule has 0 aliphatic heterocycles. The first-order valence-electron chi connectivity index (χ1n) is 20.5. The maximum absolute atomic E-state index is 4.93. The molecule has 0 N–H and O–H groups in total. The number of hydrogen-bond donors (Lipinski definition) is 0. The van der Waals surface area contributed by atoms with Crippen molar-refractivity contribution >= 4 is 69.6 Å². The number of fused-ring (bicyclic) bond motifs is 4. The summed E-state index contributed by atoms with van der Waals surface area (Å²) in [6.45, 7) is 4.31. The molecule has 8 aromatic carbocycles. The van der Waals surface area contributed by atoms with Gasteiger partial charge in [0.15, 0.2) is 0 Å². The normalized spacial score (nSPS) is 14.2. The van der Waals surface area contributed by atoms with E-state index in [1.165, 1.54) is 141 Å². The van der Waals surface area contributed by atoms with Gasteiger partial charge >= 0.3 is 37.9 Å². The molecule has 282 valence electrons. The monoisotopic (exact) mass is 864 g/mol. The van der Waals surface area contributed by atoms with E-state index in [1.54, 1.807) is 0 Å². The molecular formula is C52H52Cl2SiZr. The number of rotatable bonds is 6. The molecule has 4 heteroatoms. The van der Waals surface area contributed by atoms with Crippen LogP contribution in [0.5, 0.6) is 0 Å². The standard InChI is InChI=1S/2C25H23.C2H6Si.2ClH.Zr/c2*1-2-8-18(7-1)15-19-16-21-11-6-14-24(25(21)17-19)23-13-5-10-20-9-3-4-12-22(20)23;1-3-2;;;/h2*3-6,9-14,16-18H,1-2,7-8,15H2;1-2H3;2*1H;/q2*-1;;;;+4/p-2. The van der Waals surface area contributed by atoms with Crippen LogP contribution in [0.2, 0.25) is 13.1 Å². The first-order chi connectivity index (χ1) is 27.6. The van der Waals surface area contributed by atoms with Gasteiger partial charge in [0.2, 0.25) is 0 Å². The Balaban J connectivity index is 0.000000151. The summed E-state index contributed by atoms with van der Waals surface area (Å²) in [7, 11) is 11.0. The second-order valence-electron chi connectivity index (χ2n) is 15.7. The topological polar surface area (TPSA) is 0 Å². The molecule has 0 atom stereocenters. The van der Waals surface area contributed by atoms with E-state index in [0.717, 1.165) is 21.4 Å². The predicted molar refractivity (Wildman–Crippen MR) is 245 cm³/mol. The van der Waals surface area contributed by atoms with E-state index in [9.17, 15) is 0 Å². The Labute approximate surface area is 355 Å². The molecule has 0 unspecified atom stereocenters. The van der Waals surface area contributed by atoms with Gasteiger partial charge in [0.05, 0.1) is 0 Å². The second kappa shape index (κ2) is 20.4. The van der Waals surface area contributed by atoms with Crippen LogP contribution in [0.1, 0.15) is 62.5 Å². The van der Waals surface area contributed by atoms with Crippen LogP contribution in [0, 0.1) is 11.8 Å². The summed E-state index contributed by atoms with van der Waals surface area (Å²) in [4.78, 5) is 0. The largest absolute Gasteiger partial charge is 0.164 e. The molecule has 0 heterocycles. The van der Waals surface area contributed by atoms with Crippen LogP contribution in [0.15, 0.2) is 146 Å². The molecule has 0 spiro atoms. The molecule has 2 radical (unpaired) electrons. The van der Waals surface area contributed by atoms with Crippen molar-refractivity contribution in [3.8, 4) is 22.3 Å². The summed E-state index contributed by atoms with van der Waals surface area (Å²) in [5.74, 6) is 1.80. The van der Waals surface area contributed by atoms with Crippen molar-refractivity contribution in [1.29, 1.82) is 0 Å². The summed E-state index contributed by atoms with van der Waals surface area (Å²) < 4.78 is 0. The van der Waals surface area contributed by atoms with Crippen LogP contribution < -0.4 is 0 Å². The molecule has 0 saturated heterocycles. The Morgan fingerprint density at radius 1 is 0.482 bits per heavy atom. The van der Waals surface area contributed by atoms with Crippen molar-refractivity contribution in [2.75, 3.05) is 0 Å². The predicted octanol–water partition coefficient (Wildman–Crippen LogP) is 16.4. The third kappa shape index (κ3) is 9.88. The average Bonchev–Trinajstić information content (AvgIpc) is 4.07. The molecule has 2 aliphatic rings. The van der Waals surface area contributed by atoms with Crippen molar-refractivity contribution in [2.24, 2.45) is 11.8 Å². The van der Waals surface area contributed by atoms with Crippen molar-refractivity contribution in [2.45, 2.75) is 77.3 Å². The summed E-state index contributed by atoms with van der Waals surface area (Å²) in [6, 6.07) is 54.0. The fraction of sp³-hybridized carbons (Fsp3) is 0.269. The molecule has 10 rings (SSSR count). The molecule has 2 saturated carbocycles. The first-order valence-corrected chi connectivity index (χ1v) is 28.8. The smallest absolute Gasteiger partial charge is 0.0114 e. The zero-order valence-corrected chi connectivity index (χ0v) is 37.8. The Bertz CT molecular complexity index is 2280. The van der Waals surface area contributed by atoms with Gasteiger partial charge in [-0.1, -0.05) is 173 Å². The Morgan fingerprint density at radius 3 is 1.20 bits per heavy atom. The van der Waals surface area contributed by atoms with Gasteiger partial charge in [-0.3, -0.25) is 0 Å². The van der Waals surface area contributed by atoms with Crippen LogP contribution in [0.25, 0.3) is 65.3 Å². The van der Waals surface area contributed by atoms with E-state index < -0.39 is 20.8 Å². The van der Waals surface area contributed by atoms with Gasteiger partial charge in [-0.2, -0.15) is 12.1 Å². The molecule has 56 heavy (non-hydrogen) atoms. The number of benzene rings is 6. The Hall–Kier alpha value is -3.26. The van der Waals surface area contributed by atoms with E-state index in [-0.39, 0.29) is 0 Å². The zero-order chi connectivity index (χ0) is 38.7. The van der Waals surface area contributed by atoms with Crippen molar-refractivity contribution in [3.63, 3.8) is 0 Å². The molecule has 2 fully saturated rings. The van der Waals surface area contributed by atoms with E-state index in [4.69, 9.17) is 17.0 Å². The summed E-state index contributed by atoms with van der Waals surface area (Å²) in [6.07, 6.45) is 13.9. The van der Waals surface area contributed by atoms with Gasteiger partial charge in [0.25, 0.3) is 0 Å². The quantitative estimate of drug-likeness (QED) is 0.115. The maximum atomic E-state index is 4.93. The fourth-order valence-corrected chi connectivity index (χ4v) is 9.32. The maximum Gasteiger partial charge on any atom is -0.0114 e. The second-order valence-corrected chi connectivity index (χ2v) is 20.4. The fourth-order valence-electron chi connectivity index (χ4n) is 9.32. The molecular weight excluding hydrogens is 815 g/mol. The molecule has 0 amide bonds. The molecule has 0 aromatic heterocycles. The Morgan fingerprint density at radius 2 is 0.804 bits per heavy atom. The van der Waals surface area contributed by atoms with Gasteiger partial charge in [0.1, 0.15) is 0 Å². The summed E-state index contributed by atoms with van der Waals surface area (Å²) in [5.41, 5.74) is 8.48. The molecule has 2 aliphatic carbocycles. The van der Waals surface area contributed by atoms with Crippen LogP contribution in [0.4, 0.5) is 0 Å². The van der Waals surface area contributed by atoms with E-state index in [1.807, 2.05) is 0 Å². The van der Waals surface area contributed by atoms with Gasteiger partial charge < -0.3 is 0 Å². The molecule has 0 nitrogen and oxygen atoms in total. The van der Waals surface area contributed by atoms with Crippen LogP contribution in [-0.4, -0.2) is 9.52 Å². The number of hydrogen-bond acceptors (Lipinski definition) is 0. The minimum Gasteiger partial charge on any atom is -0.164 e. The summed E-state index contributed by atoms with van der Waals surface area (Å²) in [5, 5.41) is 10.9. The van der Waals surface area contributed by atoms with Gasteiger partial charge in [0, 0.05) is 9.52 Å². The molecule has 0 bridgehead atoms. The molecule has 8 aromatic rings. The van der Waals surface area contributed by atoms with E-state index >= 15 is 0 Å². The van der Waals surface area contributed by atoms with Crippen molar-refractivity contribution < 1.29 is 20.8 Å². The SMILES string of the molecule is C[Si]C.[Cl][Zr+2][Cl].c1ccc2c(-c3cccc4[cH-]c(CC5CCCC5)cc34)cccc2c1.c1ccc2c(-c3cccc4[cH-]c(CC5CCCC5)cc34)cccc2c1. The number of halogens is 2. The average molecular weight is 867 g/mol. The van der Waals surface area contributed by atoms with Crippen molar-refractivity contribution in [3.05, 3.63) is 157 Å².